The first-order valence-electron chi connectivity index (χ1n) is 11.9. The fraction of sp³-hybridized carbons (Fsp3) is 0.379. The van der Waals surface area contributed by atoms with Crippen LogP contribution in [0.1, 0.15) is 85.9 Å². The predicted octanol–water partition coefficient (Wildman–Crippen LogP) is 6.83. The highest BCUT2D eigenvalue weighted by Gasteiger charge is 2.37. The second-order valence-electron chi connectivity index (χ2n) is 10.3. The summed E-state index contributed by atoms with van der Waals surface area (Å²) in [5.74, 6) is -0.936. The molecule has 2 aromatic heterocycles. The monoisotopic (exact) mass is 460 g/mol. The van der Waals surface area contributed by atoms with Gasteiger partial charge in [0.15, 0.2) is 6.29 Å². The molecule has 180 valence electrons. The number of carboxylic acids is 1. The molecule has 0 spiro atoms. The standard InChI is InChI=1S/C22H29NO.C7H7NO2/c1-7-15-17(12-23-20(15)13-24)16-11-19-18(10-14(16)2)21(3,4)8-9-22(19,5)6;9-7(10)4-3-6-2-1-5-8-6/h10-13,23H,7-9H2,1-6H3;1-5,8H,(H,9,10). The summed E-state index contributed by atoms with van der Waals surface area (Å²) >= 11 is 0. The zero-order valence-electron chi connectivity index (χ0n) is 21.1. The molecule has 0 saturated carbocycles. The van der Waals surface area contributed by atoms with Gasteiger partial charge in [0, 0.05) is 29.7 Å². The van der Waals surface area contributed by atoms with Crippen LogP contribution in [0.3, 0.4) is 0 Å². The Hall–Kier alpha value is -3.34. The zero-order valence-corrected chi connectivity index (χ0v) is 21.1. The second-order valence-corrected chi connectivity index (χ2v) is 10.3. The number of aromatic amines is 2. The summed E-state index contributed by atoms with van der Waals surface area (Å²) in [6.45, 7) is 13.7. The van der Waals surface area contributed by atoms with E-state index >= 15 is 0 Å². The van der Waals surface area contributed by atoms with E-state index in [1.807, 2.05) is 12.3 Å². The number of benzene rings is 1. The van der Waals surface area contributed by atoms with Crippen molar-refractivity contribution in [2.24, 2.45) is 0 Å². The maximum atomic E-state index is 11.3. The minimum atomic E-state index is -0.936. The van der Waals surface area contributed by atoms with Crippen LogP contribution in [-0.4, -0.2) is 27.3 Å². The lowest BCUT2D eigenvalue weighted by Gasteiger charge is -2.42. The molecule has 0 atom stereocenters. The van der Waals surface area contributed by atoms with Gasteiger partial charge in [-0.15, -0.1) is 0 Å². The number of aliphatic carboxylic acids is 1. The van der Waals surface area contributed by atoms with E-state index in [2.05, 4.69) is 63.6 Å². The van der Waals surface area contributed by atoms with Crippen molar-refractivity contribution >= 4 is 18.3 Å². The minimum absolute atomic E-state index is 0.198. The highest BCUT2D eigenvalue weighted by molar-refractivity contribution is 5.85. The van der Waals surface area contributed by atoms with E-state index in [9.17, 15) is 9.59 Å². The van der Waals surface area contributed by atoms with Crippen molar-refractivity contribution in [3.63, 3.8) is 0 Å². The molecule has 4 rings (SSSR count). The Morgan fingerprint density at radius 2 is 1.71 bits per heavy atom. The number of carbonyl (C=O) groups is 2. The van der Waals surface area contributed by atoms with E-state index in [1.54, 1.807) is 12.3 Å². The Kier molecular flexibility index (Phi) is 7.35. The molecule has 0 saturated heterocycles. The fourth-order valence-corrected chi connectivity index (χ4v) is 4.82. The smallest absolute Gasteiger partial charge is 0.328 e. The molecule has 0 radical (unpaired) electrons. The molecule has 1 aliphatic rings. The van der Waals surface area contributed by atoms with Gasteiger partial charge in [0.05, 0.1) is 5.69 Å². The summed E-state index contributed by atoms with van der Waals surface area (Å²) in [4.78, 5) is 27.3. The molecule has 0 fully saturated rings. The number of H-pyrrole nitrogens is 2. The summed E-state index contributed by atoms with van der Waals surface area (Å²) < 4.78 is 0. The quantitative estimate of drug-likeness (QED) is 0.288. The average molecular weight is 461 g/mol. The molecule has 2 heterocycles. The Labute approximate surface area is 202 Å². The lowest BCUT2D eigenvalue weighted by atomic mass is 9.62. The van der Waals surface area contributed by atoms with Crippen molar-refractivity contribution < 1.29 is 14.7 Å². The normalized spacial score (nSPS) is 15.9. The molecule has 1 aliphatic carbocycles. The predicted molar refractivity (Wildman–Crippen MR) is 138 cm³/mol. The van der Waals surface area contributed by atoms with Crippen molar-refractivity contribution in [3.05, 3.63) is 76.4 Å². The Bertz CT molecular complexity index is 1190. The molecule has 1 aromatic carbocycles. The molecular weight excluding hydrogens is 424 g/mol. The van der Waals surface area contributed by atoms with Crippen LogP contribution in [0.2, 0.25) is 0 Å². The molecule has 3 aromatic rings. The van der Waals surface area contributed by atoms with Crippen molar-refractivity contribution in [3.8, 4) is 11.1 Å². The van der Waals surface area contributed by atoms with Gasteiger partial charge >= 0.3 is 5.97 Å². The lowest BCUT2D eigenvalue weighted by Crippen LogP contribution is -2.34. The SMILES string of the molecule is CCc1c(-c2cc3c(cc2C)C(C)(C)CCC3(C)C)c[nH]c1C=O.O=C(O)C=Cc1ccc[nH]1. The van der Waals surface area contributed by atoms with Gasteiger partial charge in [0.1, 0.15) is 0 Å². The maximum absolute atomic E-state index is 11.3. The molecular formula is C29H36N2O3. The van der Waals surface area contributed by atoms with E-state index < -0.39 is 5.97 Å². The van der Waals surface area contributed by atoms with Crippen LogP contribution < -0.4 is 0 Å². The summed E-state index contributed by atoms with van der Waals surface area (Å²) in [6, 6.07) is 8.38. The maximum Gasteiger partial charge on any atom is 0.328 e. The van der Waals surface area contributed by atoms with Crippen LogP contribution in [0.25, 0.3) is 17.2 Å². The summed E-state index contributed by atoms with van der Waals surface area (Å²) in [6.07, 6.45) is 10.6. The van der Waals surface area contributed by atoms with E-state index in [1.165, 1.54) is 46.7 Å². The molecule has 0 bridgehead atoms. The third-order valence-electron chi connectivity index (χ3n) is 7.01. The number of aromatic nitrogens is 2. The highest BCUT2D eigenvalue weighted by atomic mass is 16.4. The fourth-order valence-electron chi connectivity index (χ4n) is 4.82. The molecule has 34 heavy (non-hydrogen) atoms. The van der Waals surface area contributed by atoms with Gasteiger partial charge in [-0.05, 0) is 89.1 Å². The van der Waals surface area contributed by atoms with Gasteiger partial charge in [-0.1, -0.05) is 40.7 Å². The largest absolute Gasteiger partial charge is 0.478 e. The third-order valence-corrected chi connectivity index (χ3v) is 7.01. The summed E-state index contributed by atoms with van der Waals surface area (Å²) in [5.41, 5.74) is 9.76. The van der Waals surface area contributed by atoms with Gasteiger partial charge < -0.3 is 15.1 Å². The Morgan fingerprint density at radius 3 is 2.24 bits per heavy atom. The van der Waals surface area contributed by atoms with E-state index in [0.29, 0.717) is 5.69 Å². The van der Waals surface area contributed by atoms with Gasteiger partial charge in [-0.25, -0.2) is 4.79 Å². The highest BCUT2D eigenvalue weighted by Crippen LogP contribution is 2.48. The number of carboxylic acid groups (broad SMARTS) is 1. The Morgan fingerprint density at radius 1 is 1.06 bits per heavy atom. The molecule has 5 nitrogen and oxygen atoms in total. The average Bonchev–Trinajstić information content (AvgIpc) is 3.45. The molecule has 0 aliphatic heterocycles. The number of hydrogen-bond donors (Lipinski definition) is 3. The third kappa shape index (κ3) is 5.24. The van der Waals surface area contributed by atoms with Crippen LogP contribution in [0.5, 0.6) is 0 Å². The van der Waals surface area contributed by atoms with Crippen molar-refractivity contribution in [2.75, 3.05) is 0 Å². The van der Waals surface area contributed by atoms with E-state index in [-0.39, 0.29) is 10.8 Å². The molecule has 0 amide bonds. The molecule has 0 unspecified atom stereocenters. The van der Waals surface area contributed by atoms with Crippen LogP contribution in [-0.2, 0) is 22.0 Å². The first-order chi connectivity index (χ1) is 16.0. The summed E-state index contributed by atoms with van der Waals surface area (Å²) in [7, 11) is 0. The van der Waals surface area contributed by atoms with Crippen LogP contribution >= 0.6 is 0 Å². The van der Waals surface area contributed by atoms with Crippen LogP contribution in [0.4, 0.5) is 0 Å². The van der Waals surface area contributed by atoms with Gasteiger partial charge in [-0.2, -0.15) is 0 Å². The van der Waals surface area contributed by atoms with Gasteiger partial charge in [0.2, 0.25) is 0 Å². The van der Waals surface area contributed by atoms with E-state index in [0.717, 1.165) is 30.0 Å². The minimum Gasteiger partial charge on any atom is -0.478 e. The number of fused-ring (bicyclic) bond motifs is 1. The van der Waals surface area contributed by atoms with Crippen molar-refractivity contribution in [1.82, 2.24) is 9.97 Å². The van der Waals surface area contributed by atoms with Crippen LogP contribution in [0.15, 0.2) is 42.7 Å². The van der Waals surface area contributed by atoms with Gasteiger partial charge in [-0.3, -0.25) is 4.79 Å². The Balaban J connectivity index is 0.000000271. The van der Waals surface area contributed by atoms with Crippen molar-refractivity contribution in [1.29, 1.82) is 0 Å². The number of hydrogen-bond acceptors (Lipinski definition) is 2. The number of carbonyl (C=O) groups excluding carboxylic acids is 1. The topological polar surface area (TPSA) is 85.9 Å². The lowest BCUT2D eigenvalue weighted by molar-refractivity contribution is -0.131. The number of aldehydes is 1. The zero-order chi connectivity index (χ0) is 25.1. The number of nitrogens with one attached hydrogen (secondary N) is 2. The first-order valence-corrected chi connectivity index (χ1v) is 11.9. The first kappa shape index (κ1) is 25.3. The number of rotatable bonds is 5. The van der Waals surface area contributed by atoms with Gasteiger partial charge in [0.25, 0.3) is 0 Å². The second kappa shape index (κ2) is 9.88. The van der Waals surface area contributed by atoms with Crippen LogP contribution in [0, 0.1) is 6.92 Å². The molecule has 5 heteroatoms. The van der Waals surface area contributed by atoms with E-state index in [4.69, 9.17) is 5.11 Å². The summed E-state index contributed by atoms with van der Waals surface area (Å²) in [5, 5.41) is 8.21. The molecule has 3 N–H and O–H groups in total. The number of aryl methyl sites for hydroxylation is 1. The van der Waals surface area contributed by atoms with Crippen molar-refractivity contribution in [2.45, 2.75) is 71.6 Å².